The topological polar surface area (TPSA) is 88.2 Å². The number of nitrogens with two attached hydrogens (primary N) is 1. The van der Waals surface area contributed by atoms with Crippen molar-refractivity contribution in [2.75, 3.05) is 5.32 Å². The Balaban J connectivity index is 2.91. The molecule has 84 valence electrons. The summed E-state index contributed by atoms with van der Waals surface area (Å²) in [4.78, 5) is 15.5. The Kier molecular flexibility index (Phi) is 3.65. The maximum absolute atomic E-state index is 10.7. The van der Waals surface area contributed by atoms with E-state index in [-0.39, 0.29) is 6.04 Å². The lowest BCUT2D eigenvalue weighted by atomic mass is 10.2. The lowest BCUT2D eigenvalue weighted by molar-refractivity contribution is -0.138. The molecule has 5 nitrogen and oxygen atoms in total. The van der Waals surface area contributed by atoms with E-state index in [9.17, 15) is 4.79 Å². The van der Waals surface area contributed by atoms with Gasteiger partial charge < -0.3 is 16.2 Å². The number of carboxylic acid groups (broad SMARTS) is 1. The summed E-state index contributed by atoms with van der Waals surface area (Å²) in [5.74, 6) is -1.03. The molecule has 15 heavy (non-hydrogen) atoms. The van der Waals surface area contributed by atoms with Gasteiger partial charge in [-0.25, -0.2) is 4.98 Å². The summed E-state index contributed by atoms with van der Waals surface area (Å²) in [6.45, 7) is 5.75. The first-order chi connectivity index (χ1) is 6.91. The van der Waals surface area contributed by atoms with Gasteiger partial charge in [0.2, 0.25) is 0 Å². The van der Waals surface area contributed by atoms with Gasteiger partial charge in [-0.15, -0.1) is 0 Å². The summed E-state index contributed by atoms with van der Waals surface area (Å²) < 4.78 is 0. The van der Waals surface area contributed by atoms with Crippen molar-refractivity contribution in [3.8, 4) is 0 Å². The van der Waals surface area contributed by atoms with Crippen molar-refractivity contribution >= 4 is 22.4 Å². The van der Waals surface area contributed by atoms with Crippen molar-refractivity contribution in [3.05, 3.63) is 10.6 Å². The Labute approximate surface area is 92.3 Å². The van der Waals surface area contributed by atoms with Gasteiger partial charge in [0.25, 0.3) is 0 Å². The van der Waals surface area contributed by atoms with Crippen molar-refractivity contribution in [1.82, 2.24) is 4.98 Å². The SMILES string of the molecule is Cc1nc(NC(C)C)sc1C(N)C(=O)O. The quantitative estimate of drug-likeness (QED) is 0.725. The first kappa shape index (κ1) is 11.9. The van der Waals surface area contributed by atoms with Crippen LogP contribution in [0, 0.1) is 6.92 Å². The summed E-state index contributed by atoms with van der Waals surface area (Å²) in [5.41, 5.74) is 6.20. The first-order valence-electron chi connectivity index (χ1n) is 4.64. The third-order valence-electron chi connectivity index (χ3n) is 1.79. The zero-order valence-corrected chi connectivity index (χ0v) is 9.76. The van der Waals surface area contributed by atoms with Gasteiger partial charge in [-0.05, 0) is 20.8 Å². The van der Waals surface area contributed by atoms with Crippen LogP contribution in [0.4, 0.5) is 5.13 Å². The van der Waals surface area contributed by atoms with E-state index in [1.54, 1.807) is 6.92 Å². The maximum atomic E-state index is 10.7. The zero-order chi connectivity index (χ0) is 11.6. The molecule has 4 N–H and O–H groups in total. The molecule has 0 bridgehead atoms. The highest BCUT2D eigenvalue weighted by atomic mass is 32.1. The lowest BCUT2D eigenvalue weighted by Crippen LogP contribution is -2.20. The van der Waals surface area contributed by atoms with Crippen LogP contribution in [0.5, 0.6) is 0 Å². The number of aliphatic carboxylic acids is 1. The predicted octanol–water partition coefficient (Wildman–Crippen LogP) is 1.36. The van der Waals surface area contributed by atoms with E-state index in [4.69, 9.17) is 10.8 Å². The maximum Gasteiger partial charge on any atom is 0.326 e. The first-order valence-corrected chi connectivity index (χ1v) is 5.45. The summed E-state index contributed by atoms with van der Waals surface area (Å²) >= 11 is 1.30. The van der Waals surface area contributed by atoms with E-state index in [0.29, 0.717) is 15.7 Å². The van der Waals surface area contributed by atoms with Crippen molar-refractivity contribution in [2.24, 2.45) is 5.73 Å². The van der Waals surface area contributed by atoms with Crippen LogP contribution >= 0.6 is 11.3 Å². The molecule has 1 aromatic rings. The molecular formula is C9H15N3O2S. The Morgan fingerprint density at radius 2 is 2.20 bits per heavy atom. The van der Waals surface area contributed by atoms with Gasteiger partial charge in [0.1, 0.15) is 6.04 Å². The van der Waals surface area contributed by atoms with Gasteiger partial charge in [0.05, 0.1) is 10.6 Å². The van der Waals surface area contributed by atoms with E-state index >= 15 is 0 Å². The number of thiazole rings is 1. The number of aryl methyl sites for hydroxylation is 1. The minimum atomic E-state index is -1.03. The molecule has 0 saturated heterocycles. The summed E-state index contributed by atoms with van der Waals surface area (Å²) in [7, 11) is 0. The molecular weight excluding hydrogens is 214 g/mol. The van der Waals surface area contributed by atoms with Crippen LogP contribution < -0.4 is 11.1 Å². The third-order valence-corrected chi connectivity index (χ3v) is 2.96. The number of nitrogens with one attached hydrogen (secondary N) is 1. The number of rotatable bonds is 4. The molecule has 6 heteroatoms. The molecule has 0 aromatic carbocycles. The van der Waals surface area contributed by atoms with Gasteiger partial charge in [-0.2, -0.15) is 0 Å². The number of anilines is 1. The Bertz CT molecular complexity index is 362. The molecule has 1 aromatic heterocycles. The number of aromatic nitrogens is 1. The molecule has 0 radical (unpaired) electrons. The largest absolute Gasteiger partial charge is 0.480 e. The van der Waals surface area contributed by atoms with Crippen molar-refractivity contribution < 1.29 is 9.90 Å². The molecule has 1 atom stereocenters. The smallest absolute Gasteiger partial charge is 0.326 e. The average Bonchev–Trinajstić information content (AvgIpc) is 2.44. The molecule has 1 heterocycles. The number of hydrogen-bond donors (Lipinski definition) is 3. The highest BCUT2D eigenvalue weighted by Gasteiger charge is 2.20. The fourth-order valence-corrected chi connectivity index (χ4v) is 2.22. The summed E-state index contributed by atoms with van der Waals surface area (Å²) in [6, 6.07) is -0.713. The molecule has 1 rings (SSSR count). The van der Waals surface area contributed by atoms with E-state index in [1.807, 2.05) is 13.8 Å². The highest BCUT2D eigenvalue weighted by molar-refractivity contribution is 7.15. The van der Waals surface area contributed by atoms with Crippen LogP contribution in [0.2, 0.25) is 0 Å². The number of nitrogens with zero attached hydrogens (tertiary/aromatic N) is 1. The normalized spacial score (nSPS) is 12.9. The van der Waals surface area contributed by atoms with Gasteiger partial charge in [0.15, 0.2) is 5.13 Å². The van der Waals surface area contributed by atoms with Gasteiger partial charge >= 0.3 is 5.97 Å². The molecule has 1 unspecified atom stereocenters. The Morgan fingerprint density at radius 1 is 1.60 bits per heavy atom. The molecule has 0 aliphatic rings. The van der Waals surface area contributed by atoms with E-state index in [2.05, 4.69) is 10.3 Å². The summed E-state index contributed by atoms with van der Waals surface area (Å²) in [5, 5.41) is 12.6. The minimum Gasteiger partial charge on any atom is -0.480 e. The van der Waals surface area contributed by atoms with Gasteiger partial charge in [-0.1, -0.05) is 11.3 Å². The standard InChI is InChI=1S/C9H15N3O2S/c1-4(2)11-9-12-5(3)7(15-9)6(10)8(13)14/h4,6H,10H2,1-3H3,(H,11,12)(H,13,14). The fraction of sp³-hybridized carbons (Fsp3) is 0.556. The van der Waals surface area contributed by atoms with E-state index in [1.165, 1.54) is 11.3 Å². The third kappa shape index (κ3) is 2.90. The second-order valence-corrected chi connectivity index (χ2v) is 4.61. The second-order valence-electron chi connectivity index (χ2n) is 3.58. The highest BCUT2D eigenvalue weighted by Crippen LogP contribution is 2.27. The van der Waals surface area contributed by atoms with E-state index in [0.717, 1.165) is 0 Å². The van der Waals surface area contributed by atoms with Crippen molar-refractivity contribution in [3.63, 3.8) is 0 Å². The second kappa shape index (κ2) is 4.59. The molecule has 0 amide bonds. The van der Waals surface area contributed by atoms with Crippen LogP contribution in [-0.4, -0.2) is 22.1 Å². The minimum absolute atomic E-state index is 0.268. The molecule has 0 saturated carbocycles. The van der Waals surface area contributed by atoms with Crippen LogP contribution in [0.25, 0.3) is 0 Å². The molecule has 0 fully saturated rings. The Morgan fingerprint density at radius 3 is 2.67 bits per heavy atom. The van der Waals surface area contributed by atoms with Crippen LogP contribution in [0.1, 0.15) is 30.5 Å². The lowest BCUT2D eigenvalue weighted by Gasteiger charge is -2.04. The van der Waals surface area contributed by atoms with Crippen molar-refractivity contribution in [2.45, 2.75) is 32.9 Å². The predicted molar refractivity (Wildman–Crippen MR) is 60.2 cm³/mol. The molecule has 0 aliphatic carbocycles. The summed E-state index contributed by atoms with van der Waals surface area (Å²) in [6.07, 6.45) is 0. The van der Waals surface area contributed by atoms with Crippen molar-refractivity contribution in [1.29, 1.82) is 0 Å². The van der Waals surface area contributed by atoms with Crippen LogP contribution in [0.15, 0.2) is 0 Å². The number of hydrogen-bond acceptors (Lipinski definition) is 5. The van der Waals surface area contributed by atoms with Crippen LogP contribution in [0.3, 0.4) is 0 Å². The molecule has 0 aliphatic heterocycles. The fourth-order valence-electron chi connectivity index (χ4n) is 1.12. The van der Waals surface area contributed by atoms with E-state index < -0.39 is 12.0 Å². The monoisotopic (exact) mass is 229 g/mol. The number of carboxylic acids is 1. The average molecular weight is 229 g/mol. The molecule has 0 spiro atoms. The Hall–Kier alpha value is -1.14. The van der Waals surface area contributed by atoms with Gasteiger partial charge in [-0.3, -0.25) is 4.79 Å². The van der Waals surface area contributed by atoms with Gasteiger partial charge in [0, 0.05) is 6.04 Å². The zero-order valence-electron chi connectivity index (χ0n) is 8.94. The van der Waals surface area contributed by atoms with Crippen LogP contribution in [-0.2, 0) is 4.79 Å². The number of carbonyl (C=O) groups is 1.